The van der Waals surface area contributed by atoms with Crippen molar-refractivity contribution in [1.29, 1.82) is 0 Å². The lowest BCUT2D eigenvalue weighted by atomic mass is 9.76. The van der Waals surface area contributed by atoms with Crippen molar-refractivity contribution in [3.8, 4) is 11.1 Å². The van der Waals surface area contributed by atoms with Crippen LogP contribution in [0.2, 0.25) is 0 Å². The first-order valence-electron chi connectivity index (χ1n) is 9.91. The second-order valence-electron chi connectivity index (χ2n) is 9.66. The Morgan fingerprint density at radius 2 is 1.61 bits per heavy atom. The van der Waals surface area contributed by atoms with Gasteiger partial charge < -0.3 is 13.7 Å². The minimum Gasteiger partial charge on any atom is -0.443 e. The van der Waals surface area contributed by atoms with Crippen LogP contribution in [-0.4, -0.2) is 23.3 Å². The number of aryl methyl sites for hydroxylation is 1. The molecular formula is C23H26BNO3. The zero-order valence-corrected chi connectivity index (χ0v) is 17.6. The van der Waals surface area contributed by atoms with Gasteiger partial charge in [-0.1, -0.05) is 32.0 Å². The number of fused-ring (bicyclic) bond motifs is 5. The summed E-state index contributed by atoms with van der Waals surface area (Å²) < 4.78 is 18.4. The fraction of sp³-hybridized carbons (Fsp3) is 0.435. The first-order valence-corrected chi connectivity index (χ1v) is 9.91. The highest BCUT2D eigenvalue weighted by molar-refractivity contribution is 6.62. The molecule has 0 radical (unpaired) electrons. The molecule has 2 aromatic carbocycles. The van der Waals surface area contributed by atoms with E-state index < -0.39 is 0 Å². The Bertz CT molecular complexity index is 1110. The molecule has 1 fully saturated rings. The van der Waals surface area contributed by atoms with Crippen LogP contribution in [0, 0.1) is 6.92 Å². The molecule has 0 spiro atoms. The van der Waals surface area contributed by atoms with Gasteiger partial charge in [0.15, 0.2) is 12.0 Å². The monoisotopic (exact) mass is 375 g/mol. The van der Waals surface area contributed by atoms with Crippen LogP contribution in [0.1, 0.15) is 58.2 Å². The summed E-state index contributed by atoms with van der Waals surface area (Å²) in [4.78, 5) is 4.40. The number of oxazole rings is 1. The maximum atomic E-state index is 6.29. The Kier molecular flexibility index (Phi) is 3.38. The van der Waals surface area contributed by atoms with Gasteiger partial charge in [-0.2, -0.15) is 0 Å². The van der Waals surface area contributed by atoms with Crippen molar-refractivity contribution < 1.29 is 13.7 Å². The Hall–Kier alpha value is -2.11. The molecule has 1 aromatic heterocycles. The van der Waals surface area contributed by atoms with E-state index in [1.165, 1.54) is 28.6 Å². The highest BCUT2D eigenvalue weighted by atomic mass is 16.7. The number of rotatable bonds is 1. The Morgan fingerprint density at radius 1 is 0.929 bits per heavy atom. The van der Waals surface area contributed by atoms with Gasteiger partial charge in [0.1, 0.15) is 5.52 Å². The van der Waals surface area contributed by atoms with Crippen LogP contribution in [-0.2, 0) is 14.7 Å². The van der Waals surface area contributed by atoms with Crippen molar-refractivity contribution in [2.24, 2.45) is 0 Å². The fourth-order valence-electron chi connectivity index (χ4n) is 4.77. The van der Waals surface area contributed by atoms with E-state index >= 15 is 0 Å². The van der Waals surface area contributed by atoms with Gasteiger partial charge in [-0.15, -0.1) is 0 Å². The van der Waals surface area contributed by atoms with Gasteiger partial charge >= 0.3 is 7.12 Å². The standard InChI is InChI=1S/C23H26BNO3/c1-13-10-17-20(26-12-25-17)18-15-11-14(8-9-16(15)21(2,3)19(13)18)24-27-22(4,5)23(6,7)28-24/h8-12H,1-7H3. The van der Waals surface area contributed by atoms with E-state index in [1.807, 2.05) is 0 Å². The molecule has 0 atom stereocenters. The predicted octanol–water partition coefficient (Wildman–Crippen LogP) is 4.74. The molecule has 5 heteroatoms. The van der Waals surface area contributed by atoms with E-state index in [0.29, 0.717) is 0 Å². The molecule has 2 heterocycles. The van der Waals surface area contributed by atoms with Gasteiger partial charge in [-0.3, -0.25) is 0 Å². The van der Waals surface area contributed by atoms with Gasteiger partial charge in [-0.05, 0) is 68.4 Å². The molecule has 1 aliphatic heterocycles. The quantitative estimate of drug-likeness (QED) is 0.576. The maximum absolute atomic E-state index is 6.29. The van der Waals surface area contributed by atoms with E-state index in [2.05, 4.69) is 77.7 Å². The molecule has 0 bridgehead atoms. The highest BCUT2D eigenvalue weighted by Gasteiger charge is 2.52. The first-order chi connectivity index (χ1) is 13.0. The Labute approximate surface area is 166 Å². The lowest BCUT2D eigenvalue weighted by Crippen LogP contribution is -2.41. The molecule has 1 saturated heterocycles. The zero-order chi connectivity index (χ0) is 20.1. The van der Waals surface area contributed by atoms with Crippen LogP contribution in [0.15, 0.2) is 35.1 Å². The van der Waals surface area contributed by atoms with Crippen LogP contribution in [0.3, 0.4) is 0 Å². The third-order valence-electron chi connectivity index (χ3n) is 6.96. The van der Waals surface area contributed by atoms with Crippen LogP contribution >= 0.6 is 0 Å². The first kappa shape index (κ1) is 18.0. The van der Waals surface area contributed by atoms with E-state index in [9.17, 15) is 0 Å². The van der Waals surface area contributed by atoms with E-state index in [0.717, 1.165) is 22.1 Å². The second-order valence-corrected chi connectivity index (χ2v) is 9.66. The van der Waals surface area contributed by atoms with Crippen LogP contribution in [0.5, 0.6) is 0 Å². The summed E-state index contributed by atoms with van der Waals surface area (Å²) in [6, 6.07) is 8.70. The van der Waals surface area contributed by atoms with Crippen molar-refractivity contribution in [2.75, 3.05) is 0 Å². The Balaban J connectivity index is 1.72. The van der Waals surface area contributed by atoms with Crippen molar-refractivity contribution in [1.82, 2.24) is 4.98 Å². The third-order valence-corrected chi connectivity index (χ3v) is 6.96. The van der Waals surface area contributed by atoms with Gasteiger partial charge in [-0.25, -0.2) is 4.98 Å². The summed E-state index contributed by atoms with van der Waals surface area (Å²) >= 11 is 0. The average molecular weight is 375 g/mol. The van der Waals surface area contributed by atoms with Crippen molar-refractivity contribution in [2.45, 2.75) is 65.1 Å². The average Bonchev–Trinajstić information content (AvgIpc) is 3.20. The zero-order valence-electron chi connectivity index (χ0n) is 17.6. The highest BCUT2D eigenvalue weighted by Crippen LogP contribution is 2.52. The predicted molar refractivity (Wildman–Crippen MR) is 112 cm³/mol. The normalized spacial score (nSPS) is 21.2. The number of aromatic nitrogens is 1. The smallest absolute Gasteiger partial charge is 0.443 e. The fourth-order valence-corrected chi connectivity index (χ4v) is 4.77. The van der Waals surface area contributed by atoms with E-state index in [1.54, 1.807) is 0 Å². The van der Waals surface area contributed by atoms with Gasteiger partial charge in [0, 0.05) is 11.0 Å². The molecule has 0 unspecified atom stereocenters. The molecule has 2 aliphatic rings. The second kappa shape index (κ2) is 5.28. The number of benzene rings is 2. The molecule has 3 aromatic rings. The largest absolute Gasteiger partial charge is 0.494 e. The van der Waals surface area contributed by atoms with Crippen LogP contribution in [0.25, 0.3) is 22.2 Å². The molecule has 144 valence electrons. The molecule has 4 nitrogen and oxygen atoms in total. The third kappa shape index (κ3) is 2.17. The van der Waals surface area contributed by atoms with Gasteiger partial charge in [0.25, 0.3) is 0 Å². The SMILES string of the molecule is Cc1cc2ncoc2c2c1C(C)(C)c1ccc(B3OC(C)(C)C(C)(C)O3)cc1-2. The summed E-state index contributed by atoms with van der Waals surface area (Å²) in [5.41, 5.74) is 8.20. The lowest BCUT2D eigenvalue weighted by Gasteiger charge is -2.32. The summed E-state index contributed by atoms with van der Waals surface area (Å²) in [6.45, 7) is 15.1. The Morgan fingerprint density at radius 3 is 2.29 bits per heavy atom. The molecule has 1 aliphatic carbocycles. The van der Waals surface area contributed by atoms with Gasteiger partial charge in [0.05, 0.1) is 11.2 Å². The van der Waals surface area contributed by atoms with E-state index in [4.69, 9.17) is 13.7 Å². The molecular weight excluding hydrogens is 349 g/mol. The summed E-state index contributed by atoms with van der Waals surface area (Å²) in [5, 5.41) is 0. The molecule has 0 amide bonds. The van der Waals surface area contributed by atoms with Crippen molar-refractivity contribution in [3.05, 3.63) is 47.3 Å². The number of hydrogen-bond acceptors (Lipinski definition) is 4. The minimum absolute atomic E-state index is 0.0931. The number of hydrogen-bond donors (Lipinski definition) is 0. The molecule has 5 rings (SSSR count). The van der Waals surface area contributed by atoms with Crippen molar-refractivity contribution in [3.63, 3.8) is 0 Å². The summed E-state index contributed by atoms with van der Waals surface area (Å²) in [7, 11) is -0.377. The topological polar surface area (TPSA) is 44.5 Å². The summed E-state index contributed by atoms with van der Waals surface area (Å²) in [5.74, 6) is 0. The van der Waals surface area contributed by atoms with E-state index in [-0.39, 0.29) is 23.7 Å². The maximum Gasteiger partial charge on any atom is 0.494 e. The van der Waals surface area contributed by atoms with Crippen LogP contribution < -0.4 is 5.46 Å². The molecule has 0 saturated carbocycles. The lowest BCUT2D eigenvalue weighted by molar-refractivity contribution is 0.00578. The van der Waals surface area contributed by atoms with Crippen LogP contribution in [0.4, 0.5) is 0 Å². The van der Waals surface area contributed by atoms with Crippen molar-refractivity contribution >= 4 is 23.7 Å². The number of nitrogens with zero attached hydrogens (tertiary/aromatic N) is 1. The molecule has 28 heavy (non-hydrogen) atoms. The minimum atomic E-state index is -0.377. The van der Waals surface area contributed by atoms with Gasteiger partial charge in [0.2, 0.25) is 0 Å². The molecule has 0 N–H and O–H groups in total. The summed E-state index contributed by atoms with van der Waals surface area (Å²) in [6.07, 6.45) is 1.54.